The molecule has 1 aliphatic carbocycles. The first-order valence-corrected chi connectivity index (χ1v) is 5.69. The molecule has 3 N–H and O–H groups in total. The van der Waals surface area contributed by atoms with Crippen molar-refractivity contribution >= 4 is 11.9 Å². The summed E-state index contributed by atoms with van der Waals surface area (Å²) in [5.74, 6) is -1.01. The zero-order valence-electron chi connectivity index (χ0n) is 9.88. The van der Waals surface area contributed by atoms with E-state index < -0.39 is 11.5 Å². The SMILES string of the molecule is CNCCCC(=O)NC(C)(C(=O)O)C1CC1. The van der Waals surface area contributed by atoms with Crippen LogP contribution < -0.4 is 10.6 Å². The molecule has 0 bridgehead atoms. The fourth-order valence-electron chi connectivity index (χ4n) is 1.77. The maximum Gasteiger partial charge on any atom is 0.329 e. The lowest BCUT2D eigenvalue weighted by Gasteiger charge is -2.26. The predicted molar refractivity (Wildman–Crippen MR) is 60.1 cm³/mol. The summed E-state index contributed by atoms with van der Waals surface area (Å²) in [7, 11) is 1.82. The predicted octanol–water partition coefficient (Wildman–Crippen LogP) is 0.355. The first-order chi connectivity index (χ1) is 7.50. The second-order valence-corrected chi connectivity index (χ2v) is 4.54. The third kappa shape index (κ3) is 3.20. The Kier molecular flexibility index (Phi) is 4.29. The molecule has 5 heteroatoms. The second kappa shape index (κ2) is 5.30. The van der Waals surface area contributed by atoms with Crippen molar-refractivity contribution in [2.45, 2.75) is 38.1 Å². The van der Waals surface area contributed by atoms with Crippen LogP contribution in [0.5, 0.6) is 0 Å². The monoisotopic (exact) mass is 228 g/mol. The molecule has 1 saturated carbocycles. The Hall–Kier alpha value is -1.10. The summed E-state index contributed by atoms with van der Waals surface area (Å²) >= 11 is 0. The molecule has 16 heavy (non-hydrogen) atoms. The Morgan fingerprint density at radius 3 is 2.50 bits per heavy atom. The first kappa shape index (κ1) is 13.0. The van der Waals surface area contributed by atoms with Crippen molar-refractivity contribution in [1.82, 2.24) is 10.6 Å². The van der Waals surface area contributed by atoms with Gasteiger partial charge in [-0.1, -0.05) is 0 Å². The molecule has 0 saturated heterocycles. The number of rotatable bonds is 7. The van der Waals surface area contributed by atoms with Gasteiger partial charge < -0.3 is 15.7 Å². The molecule has 1 fully saturated rings. The van der Waals surface area contributed by atoms with E-state index >= 15 is 0 Å². The molecule has 0 heterocycles. The summed E-state index contributed by atoms with van der Waals surface area (Å²) in [6, 6.07) is 0. The molecule has 0 radical (unpaired) electrons. The molecule has 1 rings (SSSR count). The fraction of sp³-hybridized carbons (Fsp3) is 0.818. The molecule has 0 spiro atoms. The highest BCUT2D eigenvalue weighted by atomic mass is 16.4. The van der Waals surface area contributed by atoms with Crippen molar-refractivity contribution in [2.24, 2.45) is 5.92 Å². The highest BCUT2D eigenvalue weighted by Gasteiger charge is 2.48. The largest absolute Gasteiger partial charge is 0.480 e. The van der Waals surface area contributed by atoms with Crippen molar-refractivity contribution < 1.29 is 14.7 Å². The van der Waals surface area contributed by atoms with Gasteiger partial charge in [-0.15, -0.1) is 0 Å². The molecular weight excluding hydrogens is 208 g/mol. The van der Waals surface area contributed by atoms with Gasteiger partial charge in [0.2, 0.25) is 5.91 Å². The third-order valence-electron chi connectivity index (χ3n) is 3.07. The molecule has 0 aromatic carbocycles. The van der Waals surface area contributed by atoms with Crippen LogP contribution in [0.1, 0.15) is 32.6 Å². The number of hydrogen-bond acceptors (Lipinski definition) is 3. The van der Waals surface area contributed by atoms with Crippen LogP contribution in [0.25, 0.3) is 0 Å². The number of nitrogens with one attached hydrogen (secondary N) is 2. The lowest BCUT2D eigenvalue weighted by Crippen LogP contribution is -2.54. The van der Waals surface area contributed by atoms with E-state index in [9.17, 15) is 9.59 Å². The van der Waals surface area contributed by atoms with Crippen molar-refractivity contribution in [3.8, 4) is 0 Å². The van der Waals surface area contributed by atoms with Gasteiger partial charge in [-0.05, 0) is 45.7 Å². The minimum atomic E-state index is -1.07. The Morgan fingerprint density at radius 2 is 2.06 bits per heavy atom. The van der Waals surface area contributed by atoms with Crippen LogP contribution in [0.2, 0.25) is 0 Å². The van der Waals surface area contributed by atoms with Gasteiger partial charge in [0.05, 0.1) is 0 Å². The van der Waals surface area contributed by atoms with E-state index in [0.717, 1.165) is 25.8 Å². The van der Waals surface area contributed by atoms with E-state index in [0.29, 0.717) is 6.42 Å². The zero-order chi connectivity index (χ0) is 12.2. The van der Waals surface area contributed by atoms with Gasteiger partial charge in [0.25, 0.3) is 0 Å². The van der Waals surface area contributed by atoms with E-state index in [-0.39, 0.29) is 11.8 Å². The number of carboxylic acid groups (broad SMARTS) is 1. The Labute approximate surface area is 95.6 Å². The number of carbonyl (C=O) groups is 2. The number of carbonyl (C=O) groups excluding carboxylic acids is 1. The summed E-state index contributed by atoms with van der Waals surface area (Å²) in [4.78, 5) is 22.7. The van der Waals surface area contributed by atoms with Gasteiger partial charge in [0, 0.05) is 6.42 Å². The minimum absolute atomic E-state index is 0.0956. The Balaban J connectivity index is 2.43. The molecule has 1 amide bonds. The van der Waals surface area contributed by atoms with Crippen LogP contribution in [-0.2, 0) is 9.59 Å². The normalized spacial score (nSPS) is 18.9. The van der Waals surface area contributed by atoms with E-state index in [1.54, 1.807) is 6.92 Å². The molecule has 0 aromatic rings. The van der Waals surface area contributed by atoms with Gasteiger partial charge in [-0.25, -0.2) is 4.79 Å². The van der Waals surface area contributed by atoms with Crippen molar-refractivity contribution in [3.05, 3.63) is 0 Å². The maximum atomic E-state index is 11.6. The van der Waals surface area contributed by atoms with Gasteiger partial charge in [0.15, 0.2) is 0 Å². The van der Waals surface area contributed by atoms with Gasteiger partial charge >= 0.3 is 5.97 Å². The zero-order valence-corrected chi connectivity index (χ0v) is 9.88. The highest BCUT2D eigenvalue weighted by molar-refractivity contribution is 5.87. The van der Waals surface area contributed by atoms with Gasteiger partial charge in [0.1, 0.15) is 5.54 Å². The van der Waals surface area contributed by atoms with Gasteiger partial charge in [-0.2, -0.15) is 0 Å². The number of carboxylic acids is 1. The van der Waals surface area contributed by atoms with Crippen LogP contribution in [0, 0.1) is 5.92 Å². The topological polar surface area (TPSA) is 78.4 Å². The van der Waals surface area contributed by atoms with Crippen molar-refractivity contribution in [1.29, 1.82) is 0 Å². The van der Waals surface area contributed by atoms with E-state index in [4.69, 9.17) is 5.11 Å². The quantitative estimate of drug-likeness (QED) is 0.550. The Morgan fingerprint density at radius 1 is 1.44 bits per heavy atom. The molecule has 92 valence electrons. The Bertz CT molecular complexity index is 276. The molecule has 0 aromatic heterocycles. The van der Waals surface area contributed by atoms with Gasteiger partial charge in [-0.3, -0.25) is 4.79 Å². The third-order valence-corrected chi connectivity index (χ3v) is 3.07. The summed E-state index contributed by atoms with van der Waals surface area (Å²) in [6.45, 7) is 2.36. The van der Waals surface area contributed by atoms with Crippen LogP contribution in [0.3, 0.4) is 0 Å². The van der Waals surface area contributed by atoms with Crippen molar-refractivity contribution in [3.63, 3.8) is 0 Å². The average molecular weight is 228 g/mol. The second-order valence-electron chi connectivity index (χ2n) is 4.54. The molecule has 1 atom stereocenters. The van der Waals surface area contributed by atoms with Crippen LogP contribution in [-0.4, -0.2) is 36.1 Å². The van der Waals surface area contributed by atoms with Crippen molar-refractivity contribution in [2.75, 3.05) is 13.6 Å². The summed E-state index contributed by atoms with van der Waals surface area (Å²) in [6.07, 6.45) is 2.87. The van der Waals surface area contributed by atoms with Crippen LogP contribution >= 0.6 is 0 Å². The molecule has 0 aliphatic heterocycles. The number of amides is 1. The lowest BCUT2D eigenvalue weighted by molar-refractivity contribution is -0.147. The molecule has 1 unspecified atom stereocenters. The number of aliphatic carboxylic acids is 1. The minimum Gasteiger partial charge on any atom is -0.480 e. The first-order valence-electron chi connectivity index (χ1n) is 5.69. The van der Waals surface area contributed by atoms with E-state index in [2.05, 4.69) is 10.6 Å². The highest BCUT2D eigenvalue weighted by Crippen LogP contribution is 2.39. The molecular formula is C11H20N2O3. The lowest BCUT2D eigenvalue weighted by atomic mass is 9.95. The number of hydrogen-bond donors (Lipinski definition) is 3. The molecule has 1 aliphatic rings. The van der Waals surface area contributed by atoms with E-state index in [1.165, 1.54) is 0 Å². The summed E-state index contributed by atoms with van der Waals surface area (Å²) < 4.78 is 0. The summed E-state index contributed by atoms with van der Waals surface area (Å²) in [5, 5.41) is 14.7. The summed E-state index contributed by atoms with van der Waals surface area (Å²) in [5.41, 5.74) is -1.07. The van der Waals surface area contributed by atoms with E-state index in [1.807, 2.05) is 7.05 Å². The maximum absolute atomic E-state index is 11.6. The fourth-order valence-corrected chi connectivity index (χ4v) is 1.77. The smallest absolute Gasteiger partial charge is 0.329 e. The average Bonchev–Trinajstić information content (AvgIpc) is 3.00. The van der Waals surface area contributed by atoms with Crippen LogP contribution in [0.15, 0.2) is 0 Å². The standard InChI is InChI=1S/C11H20N2O3/c1-11(10(15)16,8-5-6-8)13-9(14)4-3-7-12-2/h8,12H,3-7H2,1-2H3,(H,13,14)(H,15,16). The van der Waals surface area contributed by atoms with Crippen LogP contribution in [0.4, 0.5) is 0 Å². The molecule has 5 nitrogen and oxygen atoms in total.